The van der Waals surface area contributed by atoms with Gasteiger partial charge in [-0.2, -0.15) is 0 Å². The first-order valence-corrected chi connectivity index (χ1v) is 8.02. The van der Waals surface area contributed by atoms with Crippen LogP contribution in [0.1, 0.15) is 23.6 Å². The minimum Gasteiger partial charge on any atom is -0.492 e. The number of aliphatic imine (C=N–C) groups is 1. The Labute approximate surface area is 135 Å². The van der Waals surface area contributed by atoms with Gasteiger partial charge in [0.25, 0.3) is 0 Å². The molecule has 0 saturated carbocycles. The van der Waals surface area contributed by atoms with Crippen LogP contribution in [0.4, 0.5) is 0 Å². The summed E-state index contributed by atoms with van der Waals surface area (Å²) >= 11 is 0. The molecule has 3 heteroatoms. The molecule has 0 N–H and O–H groups in total. The third-order valence-corrected chi connectivity index (χ3v) is 4.21. The normalized spacial score (nSPS) is 13.5. The van der Waals surface area contributed by atoms with Gasteiger partial charge in [0.15, 0.2) is 0 Å². The molecule has 0 amide bonds. The molecule has 0 saturated heterocycles. The Bertz CT molecular complexity index is 899. The zero-order valence-corrected chi connectivity index (χ0v) is 13.1. The Morgan fingerprint density at radius 3 is 2.83 bits per heavy atom. The molecular formula is C20H18N2O. The summed E-state index contributed by atoms with van der Waals surface area (Å²) in [6.45, 7) is 3.46. The molecule has 0 unspecified atom stereocenters. The van der Waals surface area contributed by atoms with Crippen LogP contribution in [0.25, 0.3) is 10.9 Å². The molecule has 1 aliphatic heterocycles. The number of pyridine rings is 1. The quantitative estimate of drug-likeness (QED) is 0.732. The molecule has 0 fully saturated rings. The van der Waals surface area contributed by atoms with Crippen LogP contribution in [0, 0.1) is 0 Å². The first-order valence-electron chi connectivity index (χ1n) is 8.02. The van der Waals surface area contributed by atoms with E-state index < -0.39 is 0 Å². The van der Waals surface area contributed by atoms with Crippen LogP contribution in [-0.4, -0.2) is 23.8 Å². The van der Waals surface area contributed by atoms with Crippen molar-refractivity contribution in [3.8, 4) is 5.75 Å². The highest BCUT2D eigenvalue weighted by atomic mass is 16.5. The third-order valence-electron chi connectivity index (χ3n) is 4.21. The second-order valence-corrected chi connectivity index (χ2v) is 5.58. The van der Waals surface area contributed by atoms with E-state index in [1.807, 2.05) is 25.3 Å². The van der Waals surface area contributed by atoms with E-state index >= 15 is 0 Å². The van der Waals surface area contributed by atoms with E-state index in [0.29, 0.717) is 6.61 Å². The van der Waals surface area contributed by atoms with Crippen molar-refractivity contribution in [3.63, 3.8) is 0 Å². The van der Waals surface area contributed by atoms with Crippen molar-refractivity contribution < 1.29 is 4.74 Å². The number of rotatable bonds is 3. The van der Waals surface area contributed by atoms with Gasteiger partial charge in [0, 0.05) is 29.3 Å². The lowest BCUT2D eigenvalue weighted by molar-refractivity contribution is 0.343. The predicted molar refractivity (Wildman–Crippen MR) is 93.6 cm³/mol. The molecule has 0 radical (unpaired) electrons. The van der Waals surface area contributed by atoms with Crippen molar-refractivity contribution in [2.45, 2.75) is 13.3 Å². The van der Waals surface area contributed by atoms with Gasteiger partial charge in [-0.15, -0.1) is 0 Å². The maximum Gasteiger partial charge on any atom is 0.145 e. The van der Waals surface area contributed by atoms with Gasteiger partial charge in [-0.3, -0.25) is 9.98 Å². The molecule has 2 heterocycles. The first-order chi connectivity index (χ1) is 11.4. The fourth-order valence-electron chi connectivity index (χ4n) is 3.20. The van der Waals surface area contributed by atoms with Crippen LogP contribution in [-0.2, 0) is 6.42 Å². The lowest BCUT2D eigenvalue weighted by atomic mass is 9.91. The lowest BCUT2D eigenvalue weighted by Gasteiger charge is -2.19. The molecular weight excluding hydrogens is 284 g/mol. The van der Waals surface area contributed by atoms with E-state index in [1.165, 1.54) is 11.1 Å². The number of fused-ring (bicyclic) bond motifs is 2. The lowest BCUT2D eigenvalue weighted by Crippen LogP contribution is -2.14. The van der Waals surface area contributed by atoms with Crippen LogP contribution in [0.2, 0.25) is 0 Å². The van der Waals surface area contributed by atoms with Gasteiger partial charge in [-0.05, 0) is 37.1 Å². The van der Waals surface area contributed by atoms with Crippen molar-refractivity contribution in [2.24, 2.45) is 4.99 Å². The molecule has 2 aromatic carbocycles. The van der Waals surface area contributed by atoms with Crippen molar-refractivity contribution in [1.29, 1.82) is 0 Å². The topological polar surface area (TPSA) is 34.5 Å². The van der Waals surface area contributed by atoms with Crippen molar-refractivity contribution >= 4 is 16.6 Å². The molecule has 1 aliphatic rings. The fraction of sp³-hybridized carbons (Fsp3) is 0.200. The Morgan fingerprint density at radius 2 is 1.91 bits per heavy atom. The van der Waals surface area contributed by atoms with Crippen molar-refractivity contribution in [1.82, 2.24) is 4.98 Å². The number of hydrogen-bond acceptors (Lipinski definition) is 3. The van der Waals surface area contributed by atoms with E-state index in [2.05, 4.69) is 41.4 Å². The van der Waals surface area contributed by atoms with E-state index in [9.17, 15) is 0 Å². The van der Waals surface area contributed by atoms with Gasteiger partial charge in [0.1, 0.15) is 11.3 Å². The van der Waals surface area contributed by atoms with E-state index in [4.69, 9.17) is 9.73 Å². The number of ether oxygens (including phenoxy) is 1. The minimum atomic E-state index is 0.634. The molecule has 3 nitrogen and oxygen atoms in total. The molecule has 0 aliphatic carbocycles. The maximum atomic E-state index is 5.73. The summed E-state index contributed by atoms with van der Waals surface area (Å²) in [4.78, 5) is 9.35. The van der Waals surface area contributed by atoms with E-state index in [-0.39, 0.29) is 0 Å². The average molecular weight is 302 g/mol. The first kappa shape index (κ1) is 13.9. The van der Waals surface area contributed by atoms with Gasteiger partial charge in [0.2, 0.25) is 0 Å². The van der Waals surface area contributed by atoms with Crippen molar-refractivity contribution in [3.05, 3.63) is 71.4 Å². The molecule has 114 valence electrons. The van der Waals surface area contributed by atoms with Crippen LogP contribution in [0.3, 0.4) is 0 Å². The van der Waals surface area contributed by atoms with Gasteiger partial charge < -0.3 is 4.74 Å². The second-order valence-electron chi connectivity index (χ2n) is 5.58. The third kappa shape index (κ3) is 2.38. The molecule has 0 spiro atoms. The summed E-state index contributed by atoms with van der Waals surface area (Å²) < 4.78 is 5.73. The molecule has 23 heavy (non-hydrogen) atoms. The van der Waals surface area contributed by atoms with Crippen LogP contribution < -0.4 is 4.74 Å². The highest BCUT2D eigenvalue weighted by molar-refractivity contribution is 6.20. The fourth-order valence-corrected chi connectivity index (χ4v) is 3.20. The highest BCUT2D eigenvalue weighted by Gasteiger charge is 2.18. The number of aromatic nitrogens is 1. The minimum absolute atomic E-state index is 0.634. The van der Waals surface area contributed by atoms with Gasteiger partial charge in [-0.25, -0.2) is 0 Å². The zero-order chi connectivity index (χ0) is 15.6. The van der Waals surface area contributed by atoms with Crippen LogP contribution in [0.15, 0.2) is 59.7 Å². The van der Waals surface area contributed by atoms with Crippen LogP contribution in [0.5, 0.6) is 5.75 Å². The summed E-state index contributed by atoms with van der Waals surface area (Å²) in [5, 5.41) is 1.09. The molecule has 3 aromatic rings. The zero-order valence-electron chi connectivity index (χ0n) is 13.1. The van der Waals surface area contributed by atoms with E-state index in [1.54, 1.807) is 0 Å². The SMILES string of the molecule is CCOc1ccc(C2=NCCc3ccccc32)c2cccnc12. The standard InChI is InChI=1S/C20H18N2O/c1-2-23-18-10-9-17(16-8-5-12-21-20(16)18)19-15-7-4-3-6-14(15)11-13-22-19/h3-10,12H,2,11,13H2,1H3. The second kappa shape index (κ2) is 5.84. The average Bonchev–Trinajstić information content (AvgIpc) is 2.62. The highest BCUT2D eigenvalue weighted by Crippen LogP contribution is 2.30. The Hall–Kier alpha value is -2.68. The maximum absolute atomic E-state index is 5.73. The molecule has 1 aromatic heterocycles. The molecule has 0 atom stereocenters. The number of hydrogen-bond donors (Lipinski definition) is 0. The summed E-state index contributed by atoms with van der Waals surface area (Å²) in [5.74, 6) is 0.830. The number of nitrogens with zero attached hydrogens (tertiary/aromatic N) is 2. The summed E-state index contributed by atoms with van der Waals surface area (Å²) in [6.07, 6.45) is 2.82. The Kier molecular flexibility index (Phi) is 3.54. The monoisotopic (exact) mass is 302 g/mol. The largest absolute Gasteiger partial charge is 0.492 e. The smallest absolute Gasteiger partial charge is 0.145 e. The Morgan fingerprint density at radius 1 is 1.00 bits per heavy atom. The van der Waals surface area contributed by atoms with Crippen molar-refractivity contribution in [2.75, 3.05) is 13.2 Å². The van der Waals surface area contributed by atoms with E-state index in [0.717, 1.165) is 40.9 Å². The molecule has 0 bridgehead atoms. The predicted octanol–water partition coefficient (Wildman–Crippen LogP) is 4.03. The van der Waals surface area contributed by atoms with Crippen LogP contribution >= 0.6 is 0 Å². The summed E-state index contributed by atoms with van der Waals surface area (Å²) in [7, 11) is 0. The summed E-state index contributed by atoms with van der Waals surface area (Å²) in [5.41, 5.74) is 5.69. The number of benzene rings is 2. The molecule has 4 rings (SSSR count). The van der Waals surface area contributed by atoms with Gasteiger partial charge >= 0.3 is 0 Å². The Balaban J connectivity index is 1.94. The van der Waals surface area contributed by atoms with Gasteiger partial charge in [0.05, 0.1) is 12.3 Å². The van der Waals surface area contributed by atoms with Gasteiger partial charge in [-0.1, -0.05) is 30.3 Å². The summed E-state index contributed by atoms with van der Waals surface area (Å²) in [6, 6.07) is 16.7.